The molecule has 1 aromatic rings. The Balaban J connectivity index is 2.07. The van der Waals surface area contributed by atoms with Gasteiger partial charge in [0.15, 0.2) is 5.13 Å². The lowest BCUT2D eigenvalue weighted by atomic mass is 10.2. The van der Waals surface area contributed by atoms with E-state index >= 15 is 0 Å². The SMILES string of the molecule is CCCCOCCCNc1nc(CCC(=O)O)cs1. The highest BCUT2D eigenvalue weighted by atomic mass is 32.1. The predicted octanol–water partition coefficient (Wildman–Crippen LogP) is 2.78. The quantitative estimate of drug-likeness (QED) is 0.612. The minimum atomic E-state index is -0.785. The van der Waals surface area contributed by atoms with E-state index in [9.17, 15) is 4.79 Å². The third kappa shape index (κ3) is 7.79. The van der Waals surface area contributed by atoms with E-state index in [4.69, 9.17) is 9.84 Å². The van der Waals surface area contributed by atoms with Crippen molar-refractivity contribution in [3.8, 4) is 0 Å². The van der Waals surface area contributed by atoms with Crippen LogP contribution < -0.4 is 5.32 Å². The molecule has 0 saturated carbocycles. The molecule has 0 amide bonds. The maximum Gasteiger partial charge on any atom is 0.303 e. The summed E-state index contributed by atoms with van der Waals surface area (Å²) in [5.41, 5.74) is 0.842. The number of aryl methyl sites for hydroxylation is 1. The zero-order valence-corrected chi connectivity index (χ0v) is 12.2. The van der Waals surface area contributed by atoms with Crippen molar-refractivity contribution in [3.05, 3.63) is 11.1 Å². The normalized spacial score (nSPS) is 10.6. The molecule has 0 fully saturated rings. The fourth-order valence-corrected chi connectivity index (χ4v) is 2.23. The first-order chi connectivity index (χ1) is 9.22. The van der Waals surface area contributed by atoms with Crippen LogP contribution in [0.3, 0.4) is 0 Å². The van der Waals surface area contributed by atoms with Crippen LogP contribution in [0.15, 0.2) is 5.38 Å². The molecule has 19 heavy (non-hydrogen) atoms. The van der Waals surface area contributed by atoms with E-state index in [1.807, 2.05) is 5.38 Å². The van der Waals surface area contributed by atoms with Gasteiger partial charge in [0, 0.05) is 31.6 Å². The molecule has 5 nitrogen and oxygen atoms in total. The molecule has 0 bridgehead atoms. The number of carbonyl (C=O) groups is 1. The fraction of sp³-hybridized carbons (Fsp3) is 0.692. The van der Waals surface area contributed by atoms with Crippen molar-refractivity contribution in [2.45, 2.75) is 39.0 Å². The van der Waals surface area contributed by atoms with Crippen LogP contribution in [-0.4, -0.2) is 35.8 Å². The summed E-state index contributed by atoms with van der Waals surface area (Å²) in [6, 6.07) is 0. The predicted molar refractivity (Wildman–Crippen MR) is 76.9 cm³/mol. The molecule has 0 atom stereocenters. The Morgan fingerprint density at radius 3 is 3.00 bits per heavy atom. The van der Waals surface area contributed by atoms with Crippen molar-refractivity contribution in [1.82, 2.24) is 4.98 Å². The van der Waals surface area contributed by atoms with E-state index in [0.29, 0.717) is 6.42 Å². The Labute approximate surface area is 118 Å². The van der Waals surface area contributed by atoms with Gasteiger partial charge in [-0.15, -0.1) is 11.3 Å². The van der Waals surface area contributed by atoms with E-state index in [-0.39, 0.29) is 6.42 Å². The number of nitrogens with one attached hydrogen (secondary N) is 1. The molecule has 0 saturated heterocycles. The van der Waals surface area contributed by atoms with Gasteiger partial charge >= 0.3 is 5.97 Å². The molecule has 2 N–H and O–H groups in total. The maximum atomic E-state index is 10.4. The summed E-state index contributed by atoms with van der Waals surface area (Å²) in [5.74, 6) is -0.785. The van der Waals surface area contributed by atoms with Gasteiger partial charge in [-0.2, -0.15) is 0 Å². The monoisotopic (exact) mass is 286 g/mol. The molecule has 108 valence electrons. The van der Waals surface area contributed by atoms with Crippen LogP contribution in [-0.2, 0) is 16.0 Å². The van der Waals surface area contributed by atoms with Gasteiger partial charge in [0.05, 0.1) is 12.1 Å². The molecular formula is C13H22N2O3S. The molecule has 0 radical (unpaired) electrons. The van der Waals surface area contributed by atoms with Gasteiger partial charge < -0.3 is 15.2 Å². The standard InChI is InChI=1S/C13H22N2O3S/c1-2-3-8-18-9-4-7-14-13-15-11(10-19-13)5-6-12(16)17/h10H,2-9H2,1H3,(H,14,15)(H,16,17). The second-order valence-corrected chi connectivity index (χ2v) is 5.14. The minimum absolute atomic E-state index is 0.133. The number of rotatable bonds is 11. The number of unbranched alkanes of at least 4 members (excludes halogenated alkanes) is 1. The molecule has 6 heteroatoms. The van der Waals surface area contributed by atoms with E-state index in [2.05, 4.69) is 17.2 Å². The van der Waals surface area contributed by atoms with E-state index < -0.39 is 5.97 Å². The molecular weight excluding hydrogens is 264 g/mol. The topological polar surface area (TPSA) is 71.5 Å². The second-order valence-electron chi connectivity index (χ2n) is 4.28. The van der Waals surface area contributed by atoms with Crippen LogP contribution >= 0.6 is 11.3 Å². The van der Waals surface area contributed by atoms with Crippen molar-refractivity contribution in [2.24, 2.45) is 0 Å². The minimum Gasteiger partial charge on any atom is -0.481 e. The number of aliphatic carboxylic acids is 1. The first-order valence-electron chi connectivity index (χ1n) is 6.70. The molecule has 0 aliphatic heterocycles. The van der Waals surface area contributed by atoms with Crippen LogP contribution in [0.5, 0.6) is 0 Å². The third-order valence-corrected chi connectivity index (χ3v) is 3.38. The summed E-state index contributed by atoms with van der Waals surface area (Å²) in [7, 11) is 0. The fourth-order valence-electron chi connectivity index (χ4n) is 1.46. The molecule has 0 unspecified atom stereocenters. The second kappa shape index (κ2) is 9.75. The molecule has 0 aliphatic rings. The molecule has 1 aromatic heterocycles. The molecule has 1 rings (SSSR count). The highest BCUT2D eigenvalue weighted by molar-refractivity contribution is 7.13. The zero-order chi connectivity index (χ0) is 13.9. The van der Waals surface area contributed by atoms with E-state index in [1.54, 1.807) is 0 Å². The lowest BCUT2D eigenvalue weighted by Gasteiger charge is -2.04. The molecule has 0 spiro atoms. The Kier molecular flexibility index (Phi) is 8.16. The third-order valence-electron chi connectivity index (χ3n) is 2.53. The summed E-state index contributed by atoms with van der Waals surface area (Å²) >= 11 is 1.52. The number of carboxylic acid groups (broad SMARTS) is 1. The van der Waals surface area contributed by atoms with Crippen molar-refractivity contribution >= 4 is 22.4 Å². The van der Waals surface area contributed by atoms with Crippen molar-refractivity contribution in [1.29, 1.82) is 0 Å². The summed E-state index contributed by atoms with van der Waals surface area (Å²) in [6.07, 6.45) is 3.86. The lowest BCUT2D eigenvalue weighted by molar-refractivity contribution is -0.136. The van der Waals surface area contributed by atoms with Gasteiger partial charge in [0.25, 0.3) is 0 Å². The van der Waals surface area contributed by atoms with Crippen LogP contribution in [0.1, 0.15) is 38.3 Å². The van der Waals surface area contributed by atoms with Crippen molar-refractivity contribution < 1.29 is 14.6 Å². The lowest BCUT2D eigenvalue weighted by Crippen LogP contribution is -2.06. The summed E-state index contributed by atoms with van der Waals surface area (Å²) in [6.45, 7) is 4.59. The Morgan fingerprint density at radius 1 is 1.47 bits per heavy atom. The summed E-state index contributed by atoms with van der Waals surface area (Å²) < 4.78 is 5.46. The van der Waals surface area contributed by atoms with E-state index in [1.165, 1.54) is 11.3 Å². The number of nitrogens with zero attached hydrogens (tertiary/aromatic N) is 1. The first-order valence-corrected chi connectivity index (χ1v) is 7.58. The van der Waals surface area contributed by atoms with Gasteiger partial charge in [-0.25, -0.2) is 4.98 Å². The van der Waals surface area contributed by atoms with E-state index in [0.717, 1.165) is 49.8 Å². The van der Waals surface area contributed by atoms with Crippen LogP contribution in [0.2, 0.25) is 0 Å². The number of hydrogen-bond acceptors (Lipinski definition) is 5. The molecule has 0 aromatic carbocycles. The Bertz CT molecular complexity index is 369. The molecule has 1 heterocycles. The average molecular weight is 286 g/mol. The van der Waals surface area contributed by atoms with Crippen molar-refractivity contribution in [3.63, 3.8) is 0 Å². The first kappa shape index (κ1) is 15.9. The van der Waals surface area contributed by atoms with Crippen LogP contribution in [0.25, 0.3) is 0 Å². The zero-order valence-electron chi connectivity index (χ0n) is 11.4. The van der Waals surface area contributed by atoms with Crippen LogP contribution in [0.4, 0.5) is 5.13 Å². The number of anilines is 1. The maximum absolute atomic E-state index is 10.4. The smallest absolute Gasteiger partial charge is 0.303 e. The summed E-state index contributed by atoms with van der Waals surface area (Å²) in [5, 5.41) is 14.6. The molecule has 0 aliphatic carbocycles. The van der Waals surface area contributed by atoms with Gasteiger partial charge in [-0.05, 0) is 12.8 Å². The number of hydrogen-bond donors (Lipinski definition) is 2. The number of thiazole rings is 1. The number of ether oxygens (including phenoxy) is 1. The highest BCUT2D eigenvalue weighted by Gasteiger charge is 2.04. The van der Waals surface area contributed by atoms with Crippen molar-refractivity contribution in [2.75, 3.05) is 25.1 Å². The largest absolute Gasteiger partial charge is 0.481 e. The Hall–Kier alpha value is -1.14. The van der Waals surface area contributed by atoms with Gasteiger partial charge in [0.1, 0.15) is 0 Å². The number of aromatic nitrogens is 1. The summed E-state index contributed by atoms with van der Waals surface area (Å²) in [4.78, 5) is 14.8. The highest BCUT2D eigenvalue weighted by Crippen LogP contribution is 2.16. The number of carboxylic acids is 1. The van der Waals surface area contributed by atoms with Gasteiger partial charge in [-0.1, -0.05) is 13.3 Å². The Morgan fingerprint density at radius 2 is 2.26 bits per heavy atom. The van der Waals surface area contributed by atoms with Gasteiger partial charge in [0.2, 0.25) is 0 Å². The van der Waals surface area contributed by atoms with Crippen LogP contribution in [0, 0.1) is 0 Å². The average Bonchev–Trinajstić information content (AvgIpc) is 2.83. The van der Waals surface area contributed by atoms with Gasteiger partial charge in [-0.3, -0.25) is 4.79 Å².